The Morgan fingerprint density at radius 3 is 2.52 bits per heavy atom. The molecule has 1 N–H and O–H groups in total. The molecule has 3 saturated heterocycles. The minimum Gasteiger partial charge on any atom is -0.381 e. The molecule has 3 rings (SSSR count). The van der Waals surface area contributed by atoms with Gasteiger partial charge in [-0.2, -0.15) is 0 Å². The first kappa shape index (κ1) is 21.2. The van der Waals surface area contributed by atoms with Gasteiger partial charge in [0.25, 0.3) is 0 Å². The second-order valence-corrected chi connectivity index (χ2v) is 8.10. The van der Waals surface area contributed by atoms with E-state index < -0.39 is 0 Å². The average Bonchev–Trinajstić information content (AvgIpc) is 3.22. The number of hydrogen-bond acceptors (Lipinski definition) is 4. The third-order valence-corrected chi connectivity index (χ3v) is 5.68. The topological polar surface area (TPSA) is 49.3 Å². The van der Waals surface area contributed by atoms with Gasteiger partial charge in [0.15, 0.2) is 5.96 Å². The number of likely N-dealkylation sites (tertiary alicyclic amines) is 1. The molecule has 0 radical (unpaired) electrons. The standard InChI is InChI=1S/C18H34N4O2.HI/c1-18(2)5-6-22(14-18)17(19-3)20-12-16(15-4-9-24-13-15)21-7-10-23-11-8-21;/h15-16H,4-14H2,1-3H3,(H,19,20);1H. The fraction of sp³-hybridized carbons (Fsp3) is 0.944. The van der Waals surface area contributed by atoms with Crippen LogP contribution in [0.15, 0.2) is 4.99 Å². The number of guanidine groups is 1. The number of rotatable bonds is 4. The first-order chi connectivity index (χ1) is 11.6. The molecule has 25 heavy (non-hydrogen) atoms. The van der Waals surface area contributed by atoms with Crippen molar-refractivity contribution in [2.45, 2.75) is 32.7 Å². The Bertz CT molecular complexity index is 435. The van der Waals surface area contributed by atoms with Crippen LogP contribution in [0.4, 0.5) is 0 Å². The van der Waals surface area contributed by atoms with E-state index >= 15 is 0 Å². The minimum atomic E-state index is 0. The lowest BCUT2D eigenvalue weighted by atomic mass is 9.93. The van der Waals surface area contributed by atoms with E-state index in [0.29, 0.717) is 17.4 Å². The van der Waals surface area contributed by atoms with Crippen LogP contribution in [-0.4, -0.2) is 88.0 Å². The van der Waals surface area contributed by atoms with Crippen LogP contribution in [-0.2, 0) is 9.47 Å². The Kier molecular flexibility index (Phi) is 8.23. The molecule has 6 nitrogen and oxygen atoms in total. The Morgan fingerprint density at radius 2 is 1.96 bits per heavy atom. The molecule has 3 fully saturated rings. The van der Waals surface area contributed by atoms with Gasteiger partial charge in [-0.1, -0.05) is 13.8 Å². The summed E-state index contributed by atoms with van der Waals surface area (Å²) in [5, 5.41) is 3.66. The fourth-order valence-corrected chi connectivity index (χ4v) is 4.18. The summed E-state index contributed by atoms with van der Waals surface area (Å²) in [7, 11) is 1.90. The van der Waals surface area contributed by atoms with E-state index in [2.05, 4.69) is 34.0 Å². The minimum absolute atomic E-state index is 0. The van der Waals surface area contributed by atoms with Gasteiger partial charge in [0.1, 0.15) is 0 Å². The van der Waals surface area contributed by atoms with Crippen molar-refractivity contribution in [2.24, 2.45) is 16.3 Å². The predicted molar refractivity (Wildman–Crippen MR) is 112 cm³/mol. The van der Waals surface area contributed by atoms with E-state index in [1.807, 2.05) is 7.05 Å². The summed E-state index contributed by atoms with van der Waals surface area (Å²) in [5.41, 5.74) is 0.389. The first-order valence-corrected chi connectivity index (χ1v) is 9.44. The Hall–Kier alpha value is -0.120. The average molecular weight is 466 g/mol. The second kappa shape index (κ2) is 9.71. The monoisotopic (exact) mass is 466 g/mol. The molecule has 0 amide bonds. The summed E-state index contributed by atoms with van der Waals surface area (Å²) >= 11 is 0. The maximum Gasteiger partial charge on any atom is 0.193 e. The zero-order valence-electron chi connectivity index (χ0n) is 16.0. The van der Waals surface area contributed by atoms with Crippen LogP contribution in [0.3, 0.4) is 0 Å². The molecule has 0 saturated carbocycles. The summed E-state index contributed by atoms with van der Waals surface area (Å²) in [4.78, 5) is 9.52. The van der Waals surface area contributed by atoms with Crippen molar-refractivity contribution in [1.82, 2.24) is 15.1 Å². The van der Waals surface area contributed by atoms with E-state index in [-0.39, 0.29) is 24.0 Å². The molecule has 146 valence electrons. The summed E-state index contributed by atoms with van der Waals surface area (Å²) in [6, 6.07) is 0.503. The first-order valence-electron chi connectivity index (χ1n) is 9.44. The molecule has 0 aromatic heterocycles. The van der Waals surface area contributed by atoms with Crippen LogP contribution in [0, 0.1) is 11.3 Å². The molecule has 0 bridgehead atoms. The zero-order valence-corrected chi connectivity index (χ0v) is 18.3. The van der Waals surface area contributed by atoms with E-state index in [1.54, 1.807) is 0 Å². The van der Waals surface area contributed by atoms with Gasteiger partial charge in [-0.05, 0) is 18.3 Å². The molecule has 0 aromatic rings. The highest BCUT2D eigenvalue weighted by Crippen LogP contribution is 2.28. The van der Waals surface area contributed by atoms with Crippen LogP contribution in [0.1, 0.15) is 26.7 Å². The van der Waals surface area contributed by atoms with Gasteiger partial charge in [0.2, 0.25) is 0 Å². The quantitative estimate of drug-likeness (QED) is 0.388. The largest absolute Gasteiger partial charge is 0.381 e. The van der Waals surface area contributed by atoms with Crippen molar-refractivity contribution in [3.63, 3.8) is 0 Å². The van der Waals surface area contributed by atoms with Crippen molar-refractivity contribution >= 4 is 29.9 Å². The number of aliphatic imine (C=N–C) groups is 1. The maximum absolute atomic E-state index is 5.66. The molecule has 3 heterocycles. The summed E-state index contributed by atoms with van der Waals surface area (Å²) in [5.74, 6) is 1.67. The van der Waals surface area contributed by atoms with Gasteiger partial charge in [-0.25, -0.2) is 0 Å². The van der Waals surface area contributed by atoms with Gasteiger partial charge >= 0.3 is 0 Å². The summed E-state index contributed by atoms with van der Waals surface area (Å²) < 4.78 is 11.2. The molecule has 0 spiro atoms. The van der Waals surface area contributed by atoms with Crippen LogP contribution in [0.5, 0.6) is 0 Å². The van der Waals surface area contributed by atoms with E-state index in [0.717, 1.165) is 65.1 Å². The van der Waals surface area contributed by atoms with Crippen LogP contribution in [0.25, 0.3) is 0 Å². The van der Waals surface area contributed by atoms with Crippen molar-refractivity contribution in [3.8, 4) is 0 Å². The highest BCUT2D eigenvalue weighted by atomic mass is 127. The van der Waals surface area contributed by atoms with Crippen LogP contribution >= 0.6 is 24.0 Å². The van der Waals surface area contributed by atoms with Crippen molar-refractivity contribution < 1.29 is 9.47 Å². The SMILES string of the molecule is CN=C(NCC(C1CCOC1)N1CCOCC1)N1CCC(C)(C)C1.I. The van der Waals surface area contributed by atoms with Gasteiger partial charge in [0, 0.05) is 58.3 Å². The smallest absolute Gasteiger partial charge is 0.193 e. The van der Waals surface area contributed by atoms with Crippen molar-refractivity contribution in [3.05, 3.63) is 0 Å². The van der Waals surface area contributed by atoms with Gasteiger partial charge in [-0.15, -0.1) is 24.0 Å². The Labute approximate surface area is 169 Å². The lowest BCUT2D eigenvalue weighted by Crippen LogP contribution is -2.54. The summed E-state index contributed by atoms with van der Waals surface area (Å²) in [6.07, 6.45) is 2.40. The molecular formula is C18H35IN4O2. The molecule has 0 aliphatic carbocycles. The Balaban J connectivity index is 0.00000225. The number of hydrogen-bond donors (Lipinski definition) is 1. The highest BCUT2D eigenvalue weighted by molar-refractivity contribution is 14.0. The molecular weight excluding hydrogens is 431 g/mol. The molecule has 0 aromatic carbocycles. The number of ether oxygens (including phenoxy) is 2. The highest BCUT2D eigenvalue weighted by Gasteiger charge is 2.34. The molecule has 2 unspecified atom stereocenters. The lowest BCUT2D eigenvalue weighted by Gasteiger charge is -2.38. The lowest BCUT2D eigenvalue weighted by molar-refractivity contribution is 0.00235. The van der Waals surface area contributed by atoms with Crippen molar-refractivity contribution in [2.75, 3.05) is 66.2 Å². The third kappa shape index (κ3) is 5.68. The van der Waals surface area contributed by atoms with Crippen molar-refractivity contribution in [1.29, 1.82) is 0 Å². The normalized spacial score (nSPS) is 28.7. The number of nitrogens with one attached hydrogen (secondary N) is 1. The second-order valence-electron chi connectivity index (χ2n) is 8.10. The molecule has 3 aliphatic rings. The van der Waals surface area contributed by atoms with Gasteiger partial charge in [-0.3, -0.25) is 9.89 Å². The molecule has 2 atom stereocenters. The van der Waals surface area contributed by atoms with E-state index in [1.165, 1.54) is 12.8 Å². The zero-order chi connectivity index (χ0) is 17.0. The van der Waals surface area contributed by atoms with Crippen LogP contribution < -0.4 is 5.32 Å². The maximum atomic E-state index is 5.66. The van der Waals surface area contributed by atoms with Gasteiger partial charge in [0.05, 0.1) is 19.8 Å². The molecule has 7 heteroatoms. The van der Waals surface area contributed by atoms with E-state index in [4.69, 9.17) is 9.47 Å². The molecule has 3 aliphatic heterocycles. The third-order valence-electron chi connectivity index (χ3n) is 5.68. The van der Waals surface area contributed by atoms with Gasteiger partial charge < -0.3 is 19.7 Å². The Morgan fingerprint density at radius 1 is 1.20 bits per heavy atom. The van der Waals surface area contributed by atoms with Crippen LogP contribution in [0.2, 0.25) is 0 Å². The number of halogens is 1. The number of morpholine rings is 1. The van der Waals surface area contributed by atoms with E-state index in [9.17, 15) is 0 Å². The number of nitrogens with zero attached hydrogens (tertiary/aromatic N) is 3. The fourth-order valence-electron chi connectivity index (χ4n) is 4.18. The predicted octanol–water partition coefficient (Wildman–Crippen LogP) is 1.65. The summed E-state index contributed by atoms with van der Waals surface area (Å²) in [6.45, 7) is 13.3.